The van der Waals surface area contributed by atoms with Crippen LogP contribution >= 0.6 is 34.5 Å². The lowest BCUT2D eigenvalue weighted by Gasteiger charge is -2.21. The molecule has 0 spiro atoms. The second-order valence-electron chi connectivity index (χ2n) is 3.98. The molecule has 0 fully saturated rings. The Hall–Kier alpha value is -0.580. The number of aliphatic hydroxyl groups is 1. The Balaban J connectivity index is 2.28. The quantitative estimate of drug-likeness (QED) is 0.901. The van der Waals surface area contributed by atoms with E-state index in [0.717, 1.165) is 10.4 Å². The minimum absolute atomic E-state index is 0.182. The van der Waals surface area contributed by atoms with Crippen LogP contribution in [0.5, 0.6) is 0 Å². The number of hydrogen-bond donors (Lipinski definition) is 2. The summed E-state index contributed by atoms with van der Waals surface area (Å²) in [6.45, 7) is 0.344. The van der Waals surface area contributed by atoms with E-state index >= 15 is 0 Å². The maximum atomic E-state index is 10.4. The number of nitrogens with two attached hydrogens (primary N) is 1. The zero-order valence-electron chi connectivity index (χ0n) is 9.51. The molecule has 0 saturated heterocycles. The van der Waals surface area contributed by atoms with Gasteiger partial charge in [0.1, 0.15) is 0 Å². The van der Waals surface area contributed by atoms with Crippen LogP contribution in [0, 0.1) is 0 Å². The molecule has 18 heavy (non-hydrogen) atoms. The largest absolute Gasteiger partial charge is 0.387 e. The fraction of sp³-hybridized carbons (Fsp3) is 0.231. The number of rotatable bonds is 4. The van der Waals surface area contributed by atoms with Crippen molar-refractivity contribution in [1.82, 2.24) is 0 Å². The summed E-state index contributed by atoms with van der Waals surface area (Å²) in [4.78, 5) is 0.815. The molecule has 1 aromatic heterocycles. The lowest BCUT2D eigenvalue weighted by atomic mass is 9.92. The predicted octanol–water partition coefficient (Wildman–Crippen LogP) is 3.83. The summed E-state index contributed by atoms with van der Waals surface area (Å²) in [5.74, 6) is -0.182. The van der Waals surface area contributed by atoms with E-state index in [1.54, 1.807) is 12.1 Å². The summed E-state index contributed by atoms with van der Waals surface area (Å²) >= 11 is 13.2. The minimum Gasteiger partial charge on any atom is -0.387 e. The molecule has 2 rings (SSSR count). The highest BCUT2D eigenvalue weighted by Gasteiger charge is 2.23. The normalized spacial score (nSPS) is 14.4. The molecule has 0 saturated carbocycles. The first kappa shape index (κ1) is 13.8. The number of hydrogen-bond acceptors (Lipinski definition) is 3. The van der Waals surface area contributed by atoms with Gasteiger partial charge in [-0.15, -0.1) is 11.3 Å². The van der Waals surface area contributed by atoms with Gasteiger partial charge in [-0.3, -0.25) is 0 Å². The van der Waals surface area contributed by atoms with E-state index < -0.39 is 6.10 Å². The molecule has 5 heteroatoms. The fourth-order valence-corrected chi connectivity index (χ4v) is 3.18. The van der Waals surface area contributed by atoms with Gasteiger partial charge in [0.2, 0.25) is 0 Å². The first-order valence-corrected chi connectivity index (χ1v) is 7.08. The smallest absolute Gasteiger partial charge is 0.0962 e. The number of benzene rings is 1. The molecule has 2 atom stereocenters. The van der Waals surface area contributed by atoms with Gasteiger partial charge in [0.15, 0.2) is 0 Å². The number of aliphatic hydroxyl groups excluding tert-OH is 1. The van der Waals surface area contributed by atoms with E-state index in [2.05, 4.69) is 0 Å². The van der Waals surface area contributed by atoms with Crippen molar-refractivity contribution in [2.24, 2.45) is 5.73 Å². The summed E-state index contributed by atoms with van der Waals surface area (Å²) in [7, 11) is 0. The average molecular weight is 302 g/mol. The second kappa shape index (κ2) is 6.04. The zero-order valence-corrected chi connectivity index (χ0v) is 11.8. The predicted molar refractivity (Wildman–Crippen MR) is 77.5 cm³/mol. The second-order valence-corrected chi connectivity index (χ2v) is 6.17. The van der Waals surface area contributed by atoms with Crippen LogP contribution in [-0.4, -0.2) is 11.7 Å². The first-order chi connectivity index (χ1) is 8.61. The van der Waals surface area contributed by atoms with E-state index in [4.69, 9.17) is 28.9 Å². The molecule has 0 aliphatic heterocycles. The van der Waals surface area contributed by atoms with Gasteiger partial charge in [-0.25, -0.2) is 0 Å². The Kier molecular flexibility index (Phi) is 4.65. The van der Waals surface area contributed by atoms with Crippen molar-refractivity contribution in [1.29, 1.82) is 0 Å². The van der Waals surface area contributed by atoms with E-state index in [1.807, 2.05) is 24.3 Å². The molecule has 2 aromatic rings. The lowest BCUT2D eigenvalue weighted by Crippen LogP contribution is -2.19. The highest BCUT2D eigenvalue weighted by atomic mass is 35.5. The maximum Gasteiger partial charge on any atom is 0.0962 e. The molecule has 96 valence electrons. The molecular formula is C13H13Cl2NOS. The molecule has 2 unspecified atom stereocenters. The molecule has 0 aliphatic rings. The van der Waals surface area contributed by atoms with E-state index in [0.29, 0.717) is 15.9 Å². The summed E-state index contributed by atoms with van der Waals surface area (Å²) in [5.41, 5.74) is 6.70. The van der Waals surface area contributed by atoms with Gasteiger partial charge in [0.05, 0.1) is 10.4 Å². The molecular weight excluding hydrogens is 289 g/mol. The van der Waals surface area contributed by atoms with Crippen molar-refractivity contribution in [3.05, 3.63) is 56.2 Å². The number of thiophene rings is 1. The van der Waals surface area contributed by atoms with Gasteiger partial charge in [-0.05, 0) is 29.8 Å². The maximum absolute atomic E-state index is 10.4. The third-order valence-corrected chi connectivity index (χ3v) is 4.33. The Labute approximate surface area is 120 Å². The van der Waals surface area contributed by atoms with Crippen molar-refractivity contribution < 1.29 is 5.11 Å². The molecule has 2 nitrogen and oxygen atoms in total. The molecule has 0 amide bonds. The van der Waals surface area contributed by atoms with Crippen molar-refractivity contribution >= 4 is 34.5 Å². The van der Waals surface area contributed by atoms with Crippen LogP contribution in [-0.2, 0) is 0 Å². The van der Waals surface area contributed by atoms with Gasteiger partial charge in [-0.1, -0.05) is 35.3 Å². The monoisotopic (exact) mass is 301 g/mol. The van der Waals surface area contributed by atoms with Gasteiger partial charge >= 0.3 is 0 Å². The van der Waals surface area contributed by atoms with Crippen molar-refractivity contribution in [2.75, 3.05) is 6.54 Å². The average Bonchev–Trinajstić information content (AvgIpc) is 2.77. The summed E-state index contributed by atoms with van der Waals surface area (Å²) in [6.07, 6.45) is -0.661. The lowest BCUT2D eigenvalue weighted by molar-refractivity contribution is 0.151. The Morgan fingerprint density at radius 3 is 2.56 bits per heavy atom. The summed E-state index contributed by atoms with van der Waals surface area (Å²) in [6, 6.07) is 11.0. The van der Waals surface area contributed by atoms with Crippen molar-refractivity contribution in [3.63, 3.8) is 0 Å². The molecule has 0 radical (unpaired) electrons. The van der Waals surface area contributed by atoms with Crippen LogP contribution in [0.3, 0.4) is 0 Å². The van der Waals surface area contributed by atoms with Crippen molar-refractivity contribution in [2.45, 2.75) is 12.0 Å². The van der Waals surface area contributed by atoms with Crippen LogP contribution in [0.25, 0.3) is 0 Å². The first-order valence-electron chi connectivity index (χ1n) is 5.50. The number of halogens is 2. The minimum atomic E-state index is -0.661. The van der Waals surface area contributed by atoms with Gasteiger partial charge in [0, 0.05) is 22.4 Å². The Morgan fingerprint density at radius 1 is 1.22 bits per heavy atom. The standard InChI is InChI=1S/C13H13Cl2NOS/c14-9-3-1-2-8(6-9)10(7-16)13(17)11-4-5-12(15)18-11/h1-6,10,13,17H,7,16H2. The zero-order chi connectivity index (χ0) is 13.1. The molecule has 0 bridgehead atoms. The third kappa shape index (κ3) is 3.05. The van der Waals surface area contributed by atoms with E-state index in [-0.39, 0.29) is 5.92 Å². The molecule has 1 aromatic carbocycles. The van der Waals surface area contributed by atoms with E-state index in [9.17, 15) is 5.11 Å². The molecule has 1 heterocycles. The van der Waals surface area contributed by atoms with Gasteiger partial charge < -0.3 is 10.8 Å². The summed E-state index contributed by atoms with van der Waals surface area (Å²) < 4.78 is 0.658. The van der Waals surface area contributed by atoms with Gasteiger partial charge in [-0.2, -0.15) is 0 Å². The van der Waals surface area contributed by atoms with E-state index in [1.165, 1.54) is 11.3 Å². The van der Waals surface area contributed by atoms with Crippen LogP contribution in [0.2, 0.25) is 9.36 Å². The van der Waals surface area contributed by atoms with Gasteiger partial charge in [0.25, 0.3) is 0 Å². The van der Waals surface area contributed by atoms with Crippen LogP contribution in [0.15, 0.2) is 36.4 Å². The Morgan fingerprint density at radius 2 is 2.00 bits per heavy atom. The summed E-state index contributed by atoms with van der Waals surface area (Å²) in [5, 5.41) is 11.0. The highest BCUT2D eigenvalue weighted by Crippen LogP contribution is 2.36. The highest BCUT2D eigenvalue weighted by molar-refractivity contribution is 7.16. The van der Waals surface area contributed by atoms with Crippen LogP contribution in [0.4, 0.5) is 0 Å². The van der Waals surface area contributed by atoms with Crippen LogP contribution in [0.1, 0.15) is 22.5 Å². The topological polar surface area (TPSA) is 46.2 Å². The molecule has 3 N–H and O–H groups in total. The molecule has 0 aliphatic carbocycles. The third-order valence-electron chi connectivity index (χ3n) is 2.80. The van der Waals surface area contributed by atoms with Crippen molar-refractivity contribution in [3.8, 4) is 0 Å². The Bertz CT molecular complexity index is 529. The SMILES string of the molecule is NCC(c1cccc(Cl)c1)C(O)c1ccc(Cl)s1. The van der Waals surface area contributed by atoms with Crippen LogP contribution < -0.4 is 5.73 Å². The fourth-order valence-electron chi connectivity index (χ4n) is 1.87.